The van der Waals surface area contributed by atoms with Gasteiger partial charge in [0.15, 0.2) is 0 Å². The number of carbonyl (C=O) groups is 2. The summed E-state index contributed by atoms with van der Waals surface area (Å²) in [6.07, 6.45) is 2.20. The van der Waals surface area contributed by atoms with E-state index in [0.717, 1.165) is 0 Å². The van der Waals surface area contributed by atoms with Crippen molar-refractivity contribution in [3.8, 4) is 0 Å². The molecule has 7 nitrogen and oxygen atoms in total. The fraction of sp³-hybridized carbons (Fsp3) is 0.375. The Labute approximate surface area is 141 Å². The van der Waals surface area contributed by atoms with Gasteiger partial charge in [0.05, 0.1) is 4.90 Å². The normalized spacial score (nSPS) is 12.6. The molecule has 0 fully saturated rings. The van der Waals surface area contributed by atoms with Crippen LogP contribution in [0.2, 0.25) is 0 Å². The van der Waals surface area contributed by atoms with E-state index in [1.807, 2.05) is 0 Å². The van der Waals surface area contributed by atoms with Crippen molar-refractivity contribution in [2.45, 2.75) is 43.7 Å². The fourth-order valence-corrected chi connectivity index (χ4v) is 3.26. The number of benzene rings is 1. The lowest BCUT2D eigenvalue weighted by Crippen LogP contribution is -2.40. The van der Waals surface area contributed by atoms with Gasteiger partial charge in [0.2, 0.25) is 10.0 Å². The number of carboxylic acid groups (broad SMARTS) is 1. The van der Waals surface area contributed by atoms with Gasteiger partial charge >= 0.3 is 5.97 Å². The number of rotatable bonds is 9. The first-order valence-corrected chi connectivity index (χ1v) is 8.92. The van der Waals surface area contributed by atoms with Crippen LogP contribution in [0, 0.1) is 0 Å². The van der Waals surface area contributed by atoms with Crippen molar-refractivity contribution < 1.29 is 23.1 Å². The molecule has 24 heavy (non-hydrogen) atoms. The predicted molar refractivity (Wildman–Crippen MR) is 90.2 cm³/mol. The highest BCUT2D eigenvalue weighted by Crippen LogP contribution is 2.13. The molecule has 0 aliphatic carbocycles. The third kappa shape index (κ3) is 5.78. The van der Waals surface area contributed by atoms with Gasteiger partial charge in [-0.2, -0.15) is 0 Å². The van der Waals surface area contributed by atoms with Gasteiger partial charge in [0.1, 0.15) is 6.04 Å². The van der Waals surface area contributed by atoms with Crippen molar-refractivity contribution in [1.29, 1.82) is 0 Å². The Balaban J connectivity index is 2.98. The Bertz CT molecular complexity index is 713. The minimum absolute atomic E-state index is 0.0539. The third-order valence-electron chi connectivity index (χ3n) is 3.06. The Morgan fingerprint density at radius 3 is 2.54 bits per heavy atom. The second kappa shape index (κ2) is 8.60. The summed E-state index contributed by atoms with van der Waals surface area (Å²) >= 11 is 0. The molecule has 0 spiro atoms. The number of sulfonamides is 1. The van der Waals surface area contributed by atoms with E-state index in [4.69, 9.17) is 5.11 Å². The van der Waals surface area contributed by atoms with Gasteiger partial charge in [-0.15, -0.1) is 6.58 Å². The van der Waals surface area contributed by atoms with Crippen molar-refractivity contribution in [1.82, 2.24) is 10.0 Å². The SMILES string of the molecule is C=CCCC(NC(=O)c1cccc(S(=O)(=O)NC(C)C)c1)C(=O)O. The van der Waals surface area contributed by atoms with E-state index in [1.54, 1.807) is 19.9 Å². The summed E-state index contributed by atoms with van der Waals surface area (Å²) in [5, 5.41) is 11.5. The maximum absolute atomic E-state index is 12.2. The van der Waals surface area contributed by atoms with Gasteiger partial charge < -0.3 is 10.4 Å². The van der Waals surface area contributed by atoms with Gasteiger partial charge in [-0.1, -0.05) is 12.1 Å². The zero-order chi connectivity index (χ0) is 18.3. The number of carbonyl (C=O) groups excluding carboxylic acids is 1. The largest absolute Gasteiger partial charge is 0.480 e. The lowest BCUT2D eigenvalue weighted by molar-refractivity contribution is -0.139. The molecule has 1 unspecified atom stereocenters. The standard InChI is InChI=1S/C16H22N2O5S/c1-4-5-9-14(16(20)21)17-15(19)12-7-6-8-13(10-12)24(22,23)18-11(2)3/h4,6-8,10-11,14,18H,1,5,9H2,2-3H3,(H,17,19)(H,20,21). The van der Waals surface area contributed by atoms with E-state index in [-0.39, 0.29) is 22.9 Å². The van der Waals surface area contributed by atoms with Gasteiger partial charge in [-0.05, 0) is 44.9 Å². The number of carboxylic acids is 1. The molecule has 0 aliphatic rings. The van der Waals surface area contributed by atoms with Gasteiger partial charge in [-0.3, -0.25) is 4.79 Å². The molecule has 1 rings (SSSR count). The van der Waals surface area contributed by atoms with Crippen LogP contribution in [-0.4, -0.2) is 37.5 Å². The van der Waals surface area contributed by atoms with Crippen LogP contribution in [0.5, 0.6) is 0 Å². The molecule has 8 heteroatoms. The molecule has 0 aromatic heterocycles. The van der Waals surface area contributed by atoms with Crippen molar-refractivity contribution in [3.63, 3.8) is 0 Å². The molecule has 1 amide bonds. The Hall–Kier alpha value is -2.19. The van der Waals surface area contributed by atoms with Crippen LogP contribution in [-0.2, 0) is 14.8 Å². The monoisotopic (exact) mass is 354 g/mol. The molecule has 0 aliphatic heterocycles. The molecule has 0 heterocycles. The molecule has 1 aromatic carbocycles. The average molecular weight is 354 g/mol. The third-order valence-corrected chi connectivity index (χ3v) is 4.72. The number of amides is 1. The first-order chi connectivity index (χ1) is 11.2. The number of hydrogen-bond donors (Lipinski definition) is 3. The van der Waals surface area contributed by atoms with Crippen molar-refractivity contribution in [2.24, 2.45) is 0 Å². The summed E-state index contributed by atoms with van der Waals surface area (Å²) in [5.74, 6) is -1.80. The molecule has 132 valence electrons. The first-order valence-electron chi connectivity index (χ1n) is 7.44. The summed E-state index contributed by atoms with van der Waals surface area (Å²) in [6.45, 7) is 6.88. The molecule has 0 bridgehead atoms. The van der Waals surface area contributed by atoms with E-state index in [1.165, 1.54) is 24.3 Å². The second-order valence-corrected chi connectivity index (χ2v) is 7.25. The summed E-state index contributed by atoms with van der Waals surface area (Å²) < 4.78 is 26.7. The van der Waals surface area contributed by atoms with Crippen LogP contribution < -0.4 is 10.0 Å². The Kier molecular flexibility index (Phi) is 7.12. The average Bonchev–Trinajstić information content (AvgIpc) is 2.49. The molecular formula is C16H22N2O5S. The van der Waals surface area contributed by atoms with E-state index in [9.17, 15) is 18.0 Å². The zero-order valence-corrected chi connectivity index (χ0v) is 14.5. The molecule has 1 atom stereocenters. The van der Waals surface area contributed by atoms with Gasteiger partial charge in [-0.25, -0.2) is 17.9 Å². The smallest absolute Gasteiger partial charge is 0.326 e. The van der Waals surface area contributed by atoms with Crippen LogP contribution in [0.1, 0.15) is 37.0 Å². The van der Waals surface area contributed by atoms with E-state index < -0.39 is 27.9 Å². The molecule has 0 saturated heterocycles. The van der Waals surface area contributed by atoms with Crippen LogP contribution in [0.3, 0.4) is 0 Å². The van der Waals surface area contributed by atoms with E-state index in [2.05, 4.69) is 16.6 Å². The molecule has 3 N–H and O–H groups in total. The summed E-state index contributed by atoms with van der Waals surface area (Å²) in [4.78, 5) is 23.3. The van der Waals surface area contributed by atoms with E-state index in [0.29, 0.717) is 6.42 Å². The fourth-order valence-electron chi connectivity index (χ4n) is 1.97. The topological polar surface area (TPSA) is 113 Å². The summed E-state index contributed by atoms with van der Waals surface area (Å²) in [7, 11) is -3.73. The van der Waals surface area contributed by atoms with Crippen molar-refractivity contribution in [2.75, 3.05) is 0 Å². The first kappa shape index (κ1) is 19.9. The van der Waals surface area contributed by atoms with E-state index >= 15 is 0 Å². The van der Waals surface area contributed by atoms with Crippen LogP contribution in [0.15, 0.2) is 41.8 Å². The Morgan fingerprint density at radius 2 is 2.00 bits per heavy atom. The number of allylic oxidation sites excluding steroid dienone is 1. The summed E-state index contributed by atoms with van der Waals surface area (Å²) in [6, 6.07) is 4.09. The highest BCUT2D eigenvalue weighted by atomic mass is 32.2. The maximum atomic E-state index is 12.2. The van der Waals surface area contributed by atoms with Gasteiger partial charge in [0, 0.05) is 11.6 Å². The van der Waals surface area contributed by atoms with Crippen molar-refractivity contribution >= 4 is 21.9 Å². The minimum Gasteiger partial charge on any atom is -0.480 e. The number of nitrogens with one attached hydrogen (secondary N) is 2. The highest BCUT2D eigenvalue weighted by molar-refractivity contribution is 7.89. The molecule has 0 saturated carbocycles. The van der Waals surface area contributed by atoms with Crippen LogP contribution >= 0.6 is 0 Å². The Morgan fingerprint density at radius 1 is 1.33 bits per heavy atom. The minimum atomic E-state index is -3.73. The summed E-state index contributed by atoms with van der Waals surface area (Å²) in [5.41, 5.74) is 0.0754. The van der Waals surface area contributed by atoms with Crippen LogP contribution in [0.4, 0.5) is 0 Å². The zero-order valence-electron chi connectivity index (χ0n) is 13.7. The second-order valence-electron chi connectivity index (χ2n) is 5.53. The predicted octanol–water partition coefficient (Wildman–Crippen LogP) is 1.52. The maximum Gasteiger partial charge on any atom is 0.326 e. The highest BCUT2D eigenvalue weighted by Gasteiger charge is 2.21. The van der Waals surface area contributed by atoms with Crippen molar-refractivity contribution in [3.05, 3.63) is 42.5 Å². The van der Waals surface area contributed by atoms with Crippen LogP contribution in [0.25, 0.3) is 0 Å². The lowest BCUT2D eigenvalue weighted by atomic mass is 10.1. The quantitative estimate of drug-likeness (QED) is 0.582. The number of aliphatic carboxylic acids is 1. The van der Waals surface area contributed by atoms with Gasteiger partial charge in [0.25, 0.3) is 5.91 Å². The molecular weight excluding hydrogens is 332 g/mol. The molecule has 1 aromatic rings. The molecule has 0 radical (unpaired) electrons. The lowest BCUT2D eigenvalue weighted by Gasteiger charge is -2.14. The number of hydrogen-bond acceptors (Lipinski definition) is 4.